The molecule has 1 saturated heterocycles. The fraction of sp³-hybridized carbons (Fsp3) is 0.375. The van der Waals surface area contributed by atoms with Gasteiger partial charge in [0.1, 0.15) is 11.4 Å². The van der Waals surface area contributed by atoms with Crippen LogP contribution in [0.1, 0.15) is 4.88 Å². The molecule has 4 amide bonds. The first-order valence-electron chi connectivity index (χ1n) is 8.03. The van der Waals surface area contributed by atoms with Gasteiger partial charge in [-0.2, -0.15) is 0 Å². The number of thioether (sulfide) groups is 1. The summed E-state index contributed by atoms with van der Waals surface area (Å²) in [6.45, 7) is 0. The van der Waals surface area contributed by atoms with E-state index >= 15 is 0 Å². The summed E-state index contributed by atoms with van der Waals surface area (Å²) in [5.41, 5.74) is 0.0124. The number of fused-ring (bicyclic) bond motifs is 1. The number of carboxylic acids is 1. The zero-order valence-corrected chi connectivity index (χ0v) is 16.2. The number of carboxylic acid groups (broad SMARTS) is 1. The second-order valence-corrected chi connectivity index (χ2v) is 8.06. The lowest BCUT2D eigenvalue weighted by Gasteiger charge is -2.50. The maximum Gasteiger partial charge on any atom is 0.354 e. The highest BCUT2D eigenvalue weighted by Crippen LogP contribution is 2.41. The van der Waals surface area contributed by atoms with Crippen LogP contribution in [0.3, 0.4) is 0 Å². The smallest absolute Gasteiger partial charge is 0.354 e. The van der Waals surface area contributed by atoms with Gasteiger partial charge in [0.05, 0.1) is 12.1 Å². The molecule has 1 fully saturated rings. The molecule has 1 unspecified atom stereocenters. The van der Waals surface area contributed by atoms with Gasteiger partial charge in [-0.3, -0.25) is 19.4 Å². The minimum atomic E-state index is -1.29. The highest BCUT2D eigenvalue weighted by atomic mass is 32.2. The van der Waals surface area contributed by atoms with Crippen molar-refractivity contribution in [3.05, 3.63) is 33.8 Å². The van der Waals surface area contributed by atoms with E-state index in [-0.39, 0.29) is 29.5 Å². The third kappa shape index (κ3) is 3.52. The molecule has 3 N–H and O–H groups in total. The van der Waals surface area contributed by atoms with Crippen LogP contribution in [0.15, 0.2) is 28.9 Å². The molecule has 1 aromatic rings. The summed E-state index contributed by atoms with van der Waals surface area (Å²) in [6, 6.07) is 2.43. The topological polar surface area (TPSA) is 119 Å². The molecule has 0 aliphatic carbocycles. The fourth-order valence-electron chi connectivity index (χ4n) is 2.95. The monoisotopic (exact) mass is 410 g/mol. The Hall–Kier alpha value is -2.53. The third-order valence-corrected chi connectivity index (χ3v) is 6.45. The minimum Gasteiger partial charge on any atom is -0.477 e. The van der Waals surface area contributed by atoms with Gasteiger partial charge in [-0.1, -0.05) is 6.07 Å². The van der Waals surface area contributed by atoms with Gasteiger partial charge in [-0.15, -0.1) is 23.1 Å². The first-order chi connectivity index (χ1) is 12.8. The molecule has 0 saturated carbocycles. The Kier molecular flexibility index (Phi) is 5.42. The molecule has 27 heavy (non-hydrogen) atoms. The van der Waals surface area contributed by atoms with E-state index in [1.165, 1.54) is 42.1 Å². The Bertz CT molecular complexity index is 823. The Morgan fingerprint density at radius 1 is 1.41 bits per heavy atom. The number of rotatable bonds is 5. The van der Waals surface area contributed by atoms with E-state index in [0.717, 1.165) is 9.78 Å². The first-order valence-corrected chi connectivity index (χ1v) is 9.96. The molecule has 11 heteroatoms. The van der Waals surface area contributed by atoms with Crippen molar-refractivity contribution in [3.63, 3.8) is 0 Å². The molecule has 0 bridgehead atoms. The van der Waals surface area contributed by atoms with Crippen LogP contribution in [0.4, 0.5) is 4.79 Å². The first kappa shape index (κ1) is 19.2. The number of urea groups is 1. The molecule has 0 aromatic carbocycles. The summed E-state index contributed by atoms with van der Waals surface area (Å²) in [6.07, 6.45) is 0.172. The van der Waals surface area contributed by atoms with Crippen LogP contribution >= 0.6 is 23.1 Å². The number of β-lactam (4-membered cyclic amide) rings is 1. The van der Waals surface area contributed by atoms with Crippen molar-refractivity contribution in [3.8, 4) is 0 Å². The maximum absolute atomic E-state index is 12.5. The van der Waals surface area contributed by atoms with E-state index in [9.17, 15) is 24.3 Å². The quantitative estimate of drug-likeness (QED) is 0.599. The van der Waals surface area contributed by atoms with Gasteiger partial charge >= 0.3 is 12.0 Å². The third-order valence-electron chi connectivity index (χ3n) is 4.31. The van der Waals surface area contributed by atoms with Crippen LogP contribution in [-0.4, -0.2) is 70.0 Å². The Morgan fingerprint density at radius 3 is 2.74 bits per heavy atom. The van der Waals surface area contributed by atoms with Crippen LogP contribution in [0.25, 0.3) is 0 Å². The van der Waals surface area contributed by atoms with Crippen molar-refractivity contribution < 1.29 is 24.3 Å². The number of hydrogen-bond acceptors (Lipinski definition) is 6. The normalized spacial score (nSPS) is 21.3. The molecule has 0 spiro atoms. The van der Waals surface area contributed by atoms with E-state index in [1.807, 2.05) is 17.5 Å². The molecule has 144 valence electrons. The second kappa shape index (κ2) is 7.61. The maximum atomic E-state index is 12.5. The van der Waals surface area contributed by atoms with Crippen LogP contribution in [0, 0.1) is 0 Å². The molecule has 2 atom stereocenters. The highest BCUT2D eigenvalue weighted by molar-refractivity contribution is 8.00. The number of aliphatic carboxylic acids is 1. The van der Waals surface area contributed by atoms with E-state index in [1.54, 1.807) is 0 Å². The summed E-state index contributed by atoms with van der Waals surface area (Å²) in [7, 11) is 2.88. The van der Waals surface area contributed by atoms with Gasteiger partial charge in [0.25, 0.3) is 5.91 Å². The van der Waals surface area contributed by atoms with Crippen molar-refractivity contribution in [2.75, 3.05) is 19.8 Å². The molecule has 9 nitrogen and oxygen atoms in total. The molecule has 3 heterocycles. The van der Waals surface area contributed by atoms with Crippen molar-refractivity contribution in [2.24, 2.45) is 0 Å². The van der Waals surface area contributed by atoms with Crippen molar-refractivity contribution >= 4 is 46.9 Å². The SMILES string of the molecule is CNC(=O)N(C)C1=C(C(=O)O)N2C(=O)C(NC(=O)Cc3cccs3)[C@@H]2SC1. The number of amides is 4. The molecular weight excluding hydrogens is 392 g/mol. The van der Waals surface area contributed by atoms with Crippen LogP contribution in [-0.2, 0) is 20.8 Å². The van der Waals surface area contributed by atoms with E-state index in [4.69, 9.17) is 0 Å². The van der Waals surface area contributed by atoms with Gasteiger partial charge in [0.2, 0.25) is 5.91 Å². The van der Waals surface area contributed by atoms with E-state index in [0.29, 0.717) is 0 Å². The lowest BCUT2D eigenvalue weighted by Crippen LogP contribution is -2.71. The average molecular weight is 410 g/mol. The lowest BCUT2D eigenvalue weighted by atomic mass is 10.0. The Labute approximate surface area is 163 Å². The molecule has 1 aromatic heterocycles. The number of hydrogen-bond donors (Lipinski definition) is 3. The van der Waals surface area contributed by atoms with Crippen LogP contribution in [0.2, 0.25) is 0 Å². The predicted molar refractivity (Wildman–Crippen MR) is 99.9 cm³/mol. The Morgan fingerprint density at radius 2 is 2.15 bits per heavy atom. The molecule has 2 aliphatic heterocycles. The van der Waals surface area contributed by atoms with Crippen LogP contribution in [0.5, 0.6) is 0 Å². The fourth-order valence-corrected chi connectivity index (χ4v) is 5.04. The van der Waals surface area contributed by atoms with Crippen LogP contribution < -0.4 is 10.6 Å². The largest absolute Gasteiger partial charge is 0.477 e. The van der Waals surface area contributed by atoms with Gasteiger partial charge in [0.15, 0.2) is 5.70 Å². The standard InChI is InChI=1S/C16H18N4O5S2/c1-17-16(25)19(2)9-7-27-14-11(13(22)20(14)12(9)15(23)24)18-10(21)6-8-4-3-5-26-8/h3-5,11,14H,6-7H2,1-2H3,(H,17,25)(H,18,21)(H,23,24)/t11?,14-/m0/s1. The van der Waals surface area contributed by atoms with Gasteiger partial charge in [0, 0.05) is 24.7 Å². The second-order valence-electron chi connectivity index (χ2n) is 5.93. The molecular formula is C16H18N4O5S2. The van der Waals surface area contributed by atoms with Crippen molar-refractivity contribution in [1.82, 2.24) is 20.4 Å². The van der Waals surface area contributed by atoms with Gasteiger partial charge < -0.3 is 15.7 Å². The zero-order valence-electron chi connectivity index (χ0n) is 14.6. The molecule has 3 rings (SSSR count). The number of carbonyl (C=O) groups excluding carboxylic acids is 3. The summed E-state index contributed by atoms with van der Waals surface area (Å²) >= 11 is 2.76. The predicted octanol–water partition coefficient (Wildman–Crippen LogP) is 0.258. The Balaban J connectivity index is 1.76. The molecule has 2 aliphatic rings. The zero-order chi connectivity index (χ0) is 19.7. The highest BCUT2D eigenvalue weighted by Gasteiger charge is 2.54. The number of thiophene rings is 1. The van der Waals surface area contributed by atoms with Crippen molar-refractivity contribution in [1.29, 1.82) is 0 Å². The summed E-state index contributed by atoms with van der Waals surface area (Å²) in [4.78, 5) is 51.5. The molecule has 0 radical (unpaired) electrons. The minimum absolute atomic E-state index is 0.172. The number of nitrogens with zero attached hydrogens (tertiary/aromatic N) is 2. The number of carbonyl (C=O) groups is 4. The van der Waals surface area contributed by atoms with Gasteiger partial charge in [-0.05, 0) is 11.4 Å². The van der Waals surface area contributed by atoms with Gasteiger partial charge in [-0.25, -0.2) is 9.59 Å². The van der Waals surface area contributed by atoms with E-state index < -0.39 is 29.3 Å². The lowest BCUT2D eigenvalue weighted by molar-refractivity contribution is -0.150. The van der Waals surface area contributed by atoms with Crippen molar-refractivity contribution in [2.45, 2.75) is 17.8 Å². The number of nitrogens with one attached hydrogen (secondary N) is 2. The summed E-state index contributed by atoms with van der Waals surface area (Å²) < 4.78 is 0. The van der Waals surface area contributed by atoms with E-state index in [2.05, 4.69) is 10.6 Å². The summed E-state index contributed by atoms with van der Waals surface area (Å²) in [5.74, 6) is -1.84. The average Bonchev–Trinajstić information content (AvgIpc) is 3.16. The summed E-state index contributed by atoms with van der Waals surface area (Å²) in [5, 5.41) is 16.1.